The molecule has 2 N–H and O–H groups in total. The first-order valence-corrected chi connectivity index (χ1v) is 11.7. The molecule has 0 unspecified atom stereocenters. The van der Waals surface area contributed by atoms with Crippen molar-refractivity contribution in [2.75, 3.05) is 26.3 Å². The molecular formula is C20H33N3O4S. The number of nitrogens with zero attached hydrogens (tertiary/aromatic N) is 1. The molecule has 7 nitrogen and oxygen atoms in total. The molecule has 0 atom stereocenters. The minimum Gasteiger partial charge on any atom is -0.379 e. The van der Waals surface area contributed by atoms with Crippen molar-refractivity contribution in [2.24, 2.45) is 11.3 Å². The van der Waals surface area contributed by atoms with E-state index in [4.69, 9.17) is 4.74 Å². The van der Waals surface area contributed by atoms with Gasteiger partial charge in [-0.05, 0) is 43.1 Å². The highest BCUT2D eigenvalue weighted by Gasteiger charge is 2.33. The molecule has 2 fully saturated rings. The highest BCUT2D eigenvalue weighted by molar-refractivity contribution is 7.89. The van der Waals surface area contributed by atoms with Gasteiger partial charge in [0.2, 0.25) is 10.0 Å². The Hall–Kier alpha value is -1.38. The van der Waals surface area contributed by atoms with Gasteiger partial charge in [0.25, 0.3) is 5.91 Å². The van der Waals surface area contributed by atoms with Crippen molar-refractivity contribution >= 4 is 15.9 Å². The summed E-state index contributed by atoms with van der Waals surface area (Å²) in [5.74, 6) is 0.461. The van der Waals surface area contributed by atoms with Crippen molar-refractivity contribution in [2.45, 2.75) is 63.8 Å². The largest absolute Gasteiger partial charge is 0.379 e. The number of H-pyrrole nitrogens is 1. The molecule has 1 saturated heterocycles. The highest BCUT2D eigenvalue weighted by Crippen LogP contribution is 2.40. The fraction of sp³-hybridized carbons (Fsp3) is 0.750. The Morgan fingerprint density at radius 3 is 2.50 bits per heavy atom. The number of hydrogen-bond acceptors (Lipinski definition) is 4. The molecule has 0 bridgehead atoms. The fourth-order valence-corrected chi connectivity index (χ4v) is 5.56. The van der Waals surface area contributed by atoms with Gasteiger partial charge in [0.1, 0.15) is 10.6 Å². The normalized spacial score (nSPS) is 24.8. The van der Waals surface area contributed by atoms with Crippen molar-refractivity contribution < 1.29 is 17.9 Å². The number of aromatic nitrogens is 1. The molecule has 2 heterocycles. The molecule has 0 spiro atoms. The molecule has 0 aromatic carbocycles. The zero-order chi connectivity index (χ0) is 20.4. The topological polar surface area (TPSA) is 91.5 Å². The van der Waals surface area contributed by atoms with Crippen LogP contribution in [0.15, 0.2) is 17.2 Å². The van der Waals surface area contributed by atoms with Crippen LogP contribution in [-0.2, 0) is 14.8 Å². The molecule has 3 rings (SSSR count). The number of carbonyl (C=O) groups excluding carboxylic acids is 1. The van der Waals surface area contributed by atoms with E-state index in [1.54, 1.807) is 0 Å². The van der Waals surface area contributed by atoms with E-state index in [9.17, 15) is 13.2 Å². The van der Waals surface area contributed by atoms with Crippen molar-refractivity contribution in [3.8, 4) is 0 Å². The predicted molar refractivity (Wildman–Crippen MR) is 108 cm³/mol. The first kappa shape index (κ1) is 21.3. The summed E-state index contributed by atoms with van der Waals surface area (Å²) in [6.07, 6.45) is 6.75. The van der Waals surface area contributed by atoms with Crippen LogP contribution in [-0.4, -0.2) is 56.0 Å². The predicted octanol–water partition coefficient (Wildman–Crippen LogP) is 2.76. The van der Waals surface area contributed by atoms with E-state index in [0.717, 1.165) is 32.1 Å². The van der Waals surface area contributed by atoms with Crippen LogP contribution in [0.2, 0.25) is 0 Å². The second-order valence-corrected chi connectivity index (χ2v) is 10.6. The zero-order valence-corrected chi connectivity index (χ0v) is 18.0. The third-order valence-electron chi connectivity index (χ3n) is 6.59. The van der Waals surface area contributed by atoms with Crippen LogP contribution in [0.3, 0.4) is 0 Å². The Morgan fingerprint density at radius 1 is 1.25 bits per heavy atom. The molecule has 1 aromatic rings. The SMILES string of the molecule is CCC(C)(C)C1CCC(NC(=O)c2cc(S(=O)(=O)N3CCOCC3)c[nH]2)CC1. The minimum atomic E-state index is -3.59. The molecular weight excluding hydrogens is 378 g/mol. The first-order valence-electron chi connectivity index (χ1n) is 10.3. The van der Waals surface area contributed by atoms with Crippen LogP contribution in [0, 0.1) is 11.3 Å². The Labute approximate surface area is 168 Å². The molecule has 1 saturated carbocycles. The molecule has 28 heavy (non-hydrogen) atoms. The average molecular weight is 412 g/mol. The lowest BCUT2D eigenvalue weighted by Crippen LogP contribution is -2.40. The third-order valence-corrected chi connectivity index (χ3v) is 8.46. The zero-order valence-electron chi connectivity index (χ0n) is 17.2. The molecule has 158 valence electrons. The van der Waals surface area contributed by atoms with Crippen molar-refractivity contribution in [3.63, 3.8) is 0 Å². The van der Waals surface area contributed by atoms with Crippen molar-refractivity contribution in [3.05, 3.63) is 18.0 Å². The van der Waals surface area contributed by atoms with Gasteiger partial charge in [0, 0.05) is 25.3 Å². The highest BCUT2D eigenvalue weighted by atomic mass is 32.2. The van der Waals surface area contributed by atoms with E-state index < -0.39 is 10.0 Å². The van der Waals surface area contributed by atoms with Gasteiger partial charge in [-0.3, -0.25) is 4.79 Å². The molecule has 1 aliphatic heterocycles. The van der Waals surface area contributed by atoms with E-state index in [1.807, 2.05) is 0 Å². The fourth-order valence-electron chi connectivity index (χ4n) is 4.16. The Bertz CT molecular complexity index is 773. The Balaban J connectivity index is 1.58. The summed E-state index contributed by atoms with van der Waals surface area (Å²) in [5.41, 5.74) is 0.639. The van der Waals surface area contributed by atoms with E-state index in [-0.39, 0.29) is 16.8 Å². The van der Waals surface area contributed by atoms with E-state index in [2.05, 4.69) is 31.1 Å². The number of sulfonamides is 1. The maximum absolute atomic E-state index is 12.7. The standard InChI is InChI=1S/C20H33N3O4S/c1-4-20(2,3)15-5-7-16(8-6-15)22-19(24)18-13-17(14-21-18)28(25,26)23-9-11-27-12-10-23/h13-16,21H,4-12H2,1-3H3,(H,22,24). The third kappa shape index (κ3) is 4.60. The summed E-state index contributed by atoms with van der Waals surface area (Å²) in [6.45, 7) is 8.36. The summed E-state index contributed by atoms with van der Waals surface area (Å²) in [7, 11) is -3.59. The van der Waals surface area contributed by atoms with Gasteiger partial charge >= 0.3 is 0 Å². The average Bonchev–Trinajstić information content (AvgIpc) is 3.20. The second-order valence-electron chi connectivity index (χ2n) is 8.63. The van der Waals surface area contributed by atoms with Crippen molar-refractivity contribution in [1.82, 2.24) is 14.6 Å². The van der Waals surface area contributed by atoms with Crippen LogP contribution in [0.5, 0.6) is 0 Å². The monoisotopic (exact) mass is 411 g/mol. The molecule has 0 radical (unpaired) electrons. The summed E-state index contributed by atoms with van der Waals surface area (Å²) >= 11 is 0. The number of nitrogens with one attached hydrogen (secondary N) is 2. The summed E-state index contributed by atoms with van der Waals surface area (Å²) < 4.78 is 32.0. The van der Waals surface area contributed by atoms with Gasteiger partial charge in [-0.15, -0.1) is 0 Å². The van der Waals surface area contributed by atoms with Crippen LogP contribution in [0.1, 0.15) is 63.4 Å². The van der Waals surface area contributed by atoms with Crippen LogP contribution in [0.4, 0.5) is 0 Å². The van der Waals surface area contributed by atoms with Gasteiger partial charge in [-0.1, -0.05) is 27.2 Å². The van der Waals surface area contributed by atoms with Crippen LogP contribution < -0.4 is 5.32 Å². The minimum absolute atomic E-state index is 0.132. The lowest BCUT2D eigenvalue weighted by Gasteiger charge is -2.39. The summed E-state index contributed by atoms with van der Waals surface area (Å²) in [4.78, 5) is 15.6. The van der Waals surface area contributed by atoms with Crippen LogP contribution in [0.25, 0.3) is 0 Å². The smallest absolute Gasteiger partial charge is 0.267 e. The van der Waals surface area contributed by atoms with E-state index >= 15 is 0 Å². The lowest BCUT2D eigenvalue weighted by atomic mass is 9.69. The van der Waals surface area contributed by atoms with E-state index in [0.29, 0.717) is 43.3 Å². The van der Waals surface area contributed by atoms with Gasteiger partial charge < -0.3 is 15.0 Å². The molecule has 1 aliphatic carbocycles. The number of ether oxygens (including phenoxy) is 1. The van der Waals surface area contributed by atoms with Crippen molar-refractivity contribution in [1.29, 1.82) is 0 Å². The second kappa shape index (κ2) is 8.55. The van der Waals surface area contributed by atoms with Gasteiger partial charge in [0.05, 0.1) is 13.2 Å². The number of rotatable bonds is 6. The summed E-state index contributed by atoms with van der Waals surface area (Å²) in [6, 6.07) is 1.59. The number of carbonyl (C=O) groups is 1. The summed E-state index contributed by atoms with van der Waals surface area (Å²) in [5, 5.41) is 3.07. The van der Waals surface area contributed by atoms with Gasteiger partial charge in [-0.25, -0.2) is 8.42 Å². The molecule has 2 aliphatic rings. The van der Waals surface area contributed by atoms with Gasteiger partial charge in [-0.2, -0.15) is 4.31 Å². The molecule has 8 heteroatoms. The number of hydrogen-bond donors (Lipinski definition) is 2. The first-order chi connectivity index (χ1) is 13.2. The lowest BCUT2D eigenvalue weighted by molar-refractivity contribution is 0.0730. The Kier molecular flexibility index (Phi) is 6.51. The Morgan fingerprint density at radius 2 is 1.89 bits per heavy atom. The van der Waals surface area contributed by atoms with Gasteiger partial charge in [0.15, 0.2) is 0 Å². The number of amides is 1. The number of aromatic amines is 1. The number of morpholine rings is 1. The maximum Gasteiger partial charge on any atom is 0.267 e. The molecule has 1 aromatic heterocycles. The van der Waals surface area contributed by atoms with Crippen LogP contribution >= 0.6 is 0 Å². The molecule has 1 amide bonds. The maximum atomic E-state index is 12.7. The quantitative estimate of drug-likeness (QED) is 0.753. The van der Waals surface area contributed by atoms with E-state index in [1.165, 1.54) is 16.6 Å².